The average Bonchev–Trinajstić information content (AvgIpc) is 3.55. The SMILES string of the molecule is CCCc1ccc(-c2cc(C)nc(C(=O)Nc3cccc(-c4nncn4C4CC4)n3)c2)cn1. The molecule has 0 unspecified atom stereocenters. The number of carbonyl (C=O) groups excluding carboxylic acids is 1. The number of carbonyl (C=O) groups is 1. The van der Waals surface area contributed by atoms with Gasteiger partial charge in [-0.2, -0.15) is 0 Å². The van der Waals surface area contributed by atoms with Crippen LogP contribution < -0.4 is 5.32 Å². The minimum absolute atomic E-state index is 0.316. The van der Waals surface area contributed by atoms with Crippen molar-refractivity contribution in [3.05, 3.63) is 72.1 Å². The summed E-state index contributed by atoms with van der Waals surface area (Å²) in [6, 6.07) is 13.7. The maximum Gasteiger partial charge on any atom is 0.275 e. The maximum absolute atomic E-state index is 13.0. The molecule has 0 bridgehead atoms. The lowest BCUT2D eigenvalue weighted by Crippen LogP contribution is -2.15. The fraction of sp³-hybridized carbons (Fsp3) is 0.280. The quantitative estimate of drug-likeness (QED) is 0.450. The molecule has 0 radical (unpaired) electrons. The molecule has 1 saturated carbocycles. The van der Waals surface area contributed by atoms with Gasteiger partial charge in [0.15, 0.2) is 5.82 Å². The number of aromatic nitrogens is 6. The van der Waals surface area contributed by atoms with E-state index >= 15 is 0 Å². The molecule has 1 amide bonds. The van der Waals surface area contributed by atoms with Gasteiger partial charge in [0, 0.05) is 29.2 Å². The molecule has 5 rings (SSSR count). The molecular formula is C25H25N7O. The Labute approximate surface area is 192 Å². The third kappa shape index (κ3) is 4.64. The molecule has 0 atom stereocenters. The van der Waals surface area contributed by atoms with E-state index in [1.165, 1.54) is 0 Å². The lowest BCUT2D eigenvalue weighted by Gasteiger charge is -2.09. The van der Waals surface area contributed by atoms with Crippen molar-refractivity contribution in [3.63, 3.8) is 0 Å². The summed E-state index contributed by atoms with van der Waals surface area (Å²) >= 11 is 0. The lowest BCUT2D eigenvalue weighted by atomic mass is 10.1. The van der Waals surface area contributed by atoms with Crippen LogP contribution in [0.1, 0.15) is 54.1 Å². The second-order valence-corrected chi connectivity index (χ2v) is 8.33. The van der Waals surface area contributed by atoms with Gasteiger partial charge >= 0.3 is 0 Å². The Kier molecular flexibility index (Phi) is 5.64. The van der Waals surface area contributed by atoms with E-state index in [1.54, 1.807) is 18.5 Å². The highest BCUT2D eigenvalue weighted by molar-refractivity contribution is 6.03. The third-order valence-corrected chi connectivity index (χ3v) is 5.58. The van der Waals surface area contributed by atoms with Crippen LogP contribution >= 0.6 is 0 Å². The Morgan fingerprint density at radius 2 is 2.00 bits per heavy atom. The van der Waals surface area contributed by atoms with Crippen LogP contribution in [0.5, 0.6) is 0 Å². The summed E-state index contributed by atoms with van der Waals surface area (Å²) in [7, 11) is 0. The Bertz CT molecular complexity index is 1290. The van der Waals surface area contributed by atoms with Gasteiger partial charge in [0.2, 0.25) is 0 Å². The van der Waals surface area contributed by atoms with Crippen molar-refractivity contribution in [1.82, 2.24) is 29.7 Å². The highest BCUT2D eigenvalue weighted by Crippen LogP contribution is 2.37. The monoisotopic (exact) mass is 439 g/mol. The van der Waals surface area contributed by atoms with Crippen molar-refractivity contribution < 1.29 is 4.79 Å². The molecule has 4 aromatic heterocycles. The van der Waals surface area contributed by atoms with Gasteiger partial charge in [0.05, 0.1) is 0 Å². The molecule has 8 heteroatoms. The van der Waals surface area contributed by atoms with Gasteiger partial charge in [-0.05, 0) is 62.1 Å². The zero-order chi connectivity index (χ0) is 22.8. The average molecular weight is 440 g/mol. The van der Waals surface area contributed by atoms with Crippen LogP contribution in [0.2, 0.25) is 0 Å². The minimum atomic E-state index is -0.316. The van der Waals surface area contributed by atoms with E-state index in [0.717, 1.165) is 48.2 Å². The molecule has 0 spiro atoms. The van der Waals surface area contributed by atoms with Gasteiger partial charge < -0.3 is 9.88 Å². The first-order chi connectivity index (χ1) is 16.1. The number of hydrogen-bond acceptors (Lipinski definition) is 6. The summed E-state index contributed by atoms with van der Waals surface area (Å²) in [6.07, 6.45) is 7.84. The van der Waals surface area contributed by atoms with Crippen LogP contribution in [-0.2, 0) is 6.42 Å². The number of rotatable bonds is 7. The second-order valence-electron chi connectivity index (χ2n) is 8.33. The largest absolute Gasteiger partial charge is 0.309 e. The van der Waals surface area contributed by atoms with Crippen LogP contribution in [0, 0.1) is 6.92 Å². The van der Waals surface area contributed by atoms with Gasteiger partial charge in [0.25, 0.3) is 5.91 Å². The van der Waals surface area contributed by atoms with Crippen molar-refractivity contribution in [1.29, 1.82) is 0 Å². The first-order valence-corrected chi connectivity index (χ1v) is 11.2. The summed E-state index contributed by atoms with van der Waals surface area (Å²) in [5.74, 6) is 0.839. The smallest absolute Gasteiger partial charge is 0.275 e. The van der Waals surface area contributed by atoms with E-state index in [2.05, 4.69) is 37.4 Å². The number of hydrogen-bond donors (Lipinski definition) is 1. The number of amides is 1. The van der Waals surface area contributed by atoms with Gasteiger partial charge in [0.1, 0.15) is 23.5 Å². The van der Waals surface area contributed by atoms with Gasteiger partial charge in [-0.25, -0.2) is 9.97 Å². The zero-order valence-corrected chi connectivity index (χ0v) is 18.7. The highest BCUT2D eigenvalue weighted by Gasteiger charge is 2.27. The van der Waals surface area contributed by atoms with Crippen LogP contribution in [-0.4, -0.2) is 35.6 Å². The lowest BCUT2D eigenvalue weighted by molar-refractivity contribution is 0.102. The van der Waals surface area contributed by atoms with E-state index in [4.69, 9.17) is 0 Å². The molecule has 8 nitrogen and oxygen atoms in total. The van der Waals surface area contributed by atoms with Gasteiger partial charge in [-0.1, -0.05) is 25.5 Å². The second kappa shape index (κ2) is 8.90. The number of aryl methyl sites for hydroxylation is 2. The number of nitrogens with zero attached hydrogens (tertiary/aromatic N) is 6. The molecule has 33 heavy (non-hydrogen) atoms. The Morgan fingerprint density at radius 3 is 2.76 bits per heavy atom. The summed E-state index contributed by atoms with van der Waals surface area (Å²) in [6.45, 7) is 4.01. The predicted octanol–water partition coefficient (Wildman–Crippen LogP) is 4.65. The van der Waals surface area contributed by atoms with Crippen molar-refractivity contribution in [2.45, 2.75) is 45.6 Å². The molecule has 0 aromatic carbocycles. The molecule has 0 saturated heterocycles. The number of nitrogens with one attached hydrogen (secondary N) is 1. The molecule has 1 aliphatic carbocycles. The van der Waals surface area contributed by atoms with Crippen molar-refractivity contribution in [3.8, 4) is 22.6 Å². The summed E-state index contributed by atoms with van der Waals surface area (Å²) in [5.41, 5.74) is 4.68. The van der Waals surface area contributed by atoms with Crippen molar-refractivity contribution >= 4 is 11.7 Å². The van der Waals surface area contributed by atoms with Crippen LogP contribution in [0.4, 0.5) is 5.82 Å². The van der Waals surface area contributed by atoms with E-state index in [9.17, 15) is 4.79 Å². The normalized spacial score (nSPS) is 13.2. The first-order valence-electron chi connectivity index (χ1n) is 11.2. The molecule has 1 N–H and O–H groups in total. The Morgan fingerprint density at radius 1 is 1.12 bits per heavy atom. The van der Waals surface area contributed by atoms with Crippen molar-refractivity contribution in [2.24, 2.45) is 0 Å². The number of pyridine rings is 3. The summed E-state index contributed by atoms with van der Waals surface area (Å²) < 4.78 is 2.04. The predicted molar refractivity (Wildman–Crippen MR) is 126 cm³/mol. The van der Waals surface area contributed by atoms with E-state index in [-0.39, 0.29) is 5.91 Å². The molecule has 4 heterocycles. The first kappa shape index (κ1) is 20.9. The fourth-order valence-corrected chi connectivity index (χ4v) is 3.81. The Hall–Kier alpha value is -3.94. The minimum Gasteiger partial charge on any atom is -0.309 e. The third-order valence-electron chi connectivity index (χ3n) is 5.58. The van der Waals surface area contributed by atoms with Crippen LogP contribution in [0.15, 0.2) is 55.0 Å². The van der Waals surface area contributed by atoms with E-state index < -0.39 is 0 Å². The Balaban J connectivity index is 1.37. The molecule has 0 aliphatic heterocycles. The summed E-state index contributed by atoms with van der Waals surface area (Å²) in [5, 5.41) is 11.1. The topological polar surface area (TPSA) is 98.5 Å². The molecule has 4 aromatic rings. The summed E-state index contributed by atoms with van der Waals surface area (Å²) in [4.78, 5) is 26.6. The standard InChI is InChI=1S/C25H25N7O/c1-3-5-19-9-8-17(14-26-19)18-12-16(2)28-22(13-18)25(33)30-23-7-4-6-21(29-23)24-31-27-15-32(24)20-10-11-20/h4,6-9,12-15,20H,3,5,10-11H2,1-2H3,(H,29,30,33). The molecule has 1 fully saturated rings. The molecule has 1 aliphatic rings. The molecular weight excluding hydrogens is 414 g/mol. The van der Waals surface area contributed by atoms with Crippen LogP contribution in [0.25, 0.3) is 22.6 Å². The van der Waals surface area contributed by atoms with Gasteiger partial charge in [-0.3, -0.25) is 9.78 Å². The number of anilines is 1. The van der Waals surface area contributed by atoms with E-state index in [0.29, 0.717) is 29.1 Å². The van der Waals surface area contributed by atoms with Crippen LogP contribution in [0.3, 0.4) is 0 Å². The molecule has 166 valence electrons. The fourth-order valence-electron chi connectivity index (χ4n) is 3.81. The highest BCUT2D eigenvalue weighted by atomic mass is 16.1. The maximum atomic E-state index is 13.0. The zero-order valence-electron chi connectivity index (χ0n) is 18.7. The van der Waals surface area contributed by atoms with E-state index in [1.807, 2.05) is 48.0 Å². The van der Waals surface area contributed by atoms with Gasteiger partial charge in [-0.15, -0.1) is 10.2 Å². The van der Waals surface area contributed by atoms with Crippen molar-refractivity contribution in [2.75, 3.05) is 5.32 Å².